The topological polar surface area (TPSA) is 76.7 Å². The van der Waals surface area contributed by atoms with Crippen LogP contribution in [0.5, 0.6) is 11.5 Å². The fraction of sp³-hybridized carbons (Fsp3) is 0.200. The maximum absolute atomic E-state index is 12.7. The van der Waals surface area contributed by atoms with Crippen LogP contribution in [0, 0.1) is 13.8 Å². The Kier molecular flexibility index (Phi) is 5.89. The molecule has 2 amide bonds. The largest absolute Gasteiger partial charge is 0.454 e. The number of hydrogen-bond acceptors (Lipinski definition) is 4. The molecule has 0 radical (unpaired) electrons. The number of fused-ring (bicyclic) bond motifs is 1. The number of rotatable bonds is 6. The number of ether oxygens (including phenoxy) is 2. The summed E-state index contributed by atoms with van der Waals surface area (Å²) in [6, 6.07) is 20.6. The van der Waals surface area contributed by atoms with Crippen LogP contribution in [0.1, 0.15) is 38.7 Å². The number of aryl methyl sites for hydroxylation is 2. The van der Waals surface area contributed by atoms with E-state index in [1.54, 1.807) is 18.2 Å². The Morgan fingerprint density at radius 1 is 0.871 bits per heavy atom. The summed E-state index contributed by atoms with van der Waals surface area (Å²) in [5, 5.41) is 5.72. The predicted octanol–water partition coefficient (Wildman–Crippen LogP) is 3.67. The van der Waals surface area contributed by atoms with Gasteiger partial charge in [0.05, 0.1) is 12.6 Å². The molecule has 0 aliphatic carbocycles. The average Bonchev–Trinajstić information content (AvgIpc) is 3.26. The standard InChI is InChI=1S/C25H24N2O4/c1-16-8-9-19(12-17(16)2)24(18-6-4-3-5-7-18)27-23(28)14-26-25(29)20-10-11-21-22(13-20)31-15-30-21/h3-13,24H,14-15H2,1-2H3,(H,26,29)(H,27,28). The second-order valence-corrected chi connectivity index (χ2v) is 7.51. The van der Waals surface area contributed by atoms with Gasteiger partial charge in [-0.3, -0.25) is 9.59 Å². The Balaban J connectivity index is 1.45. The molecule has 1 aliphatic heterocycles. The molecule has 0 spiro atoms. The van der Waals surface area contributed by atoms with Gasteiger partial charge in [0, 0.05) is 5.56 Å². The molecular weight excluding hydrogens is 392 g/mol. The van der Waals surface area contributed by atoms with Gasteiger partial charge >= 0.3 is 0 Å². The highest BCUT2D eigenvalue weighted by atomic mass is 16.7. The summed E-state index contributed by atoms with van der Waals surface area (Å²) in [5.74, 6) is 0.501. The van der Waals surface area contributed by atoms with Crippen molar-refractivity contribution in [3.05, 3.63) is 94.5 Å². The van der Waals surface area contributed by atoms with Crippen molar-refractivity contribution in [2.45, 2.75) is 19.9 Å². The summed E-state index contributed by atoms with van der Waals surface area (Å²) in [4.78, 5) is 25.2. The van der Waals surface area contributed by atoms with Crippen molar-refractivity contribution < 1.29 is 19.1 Å². The second kappa shape index (κ2) is 8.92. The summed E-state index contributed by atoms with van der Waals surface area (Å²) >= 11 is 0. The molecule has 4 rings (SSSR count). The van der Waals surface area contributed by atoms with Crippen molar-refractivity contribution in [3.63, 3.8) is 0 Å². The van der Waals surface area contributed by atoms with Gasteiger partial charge in [-0.2, -0.15) is 0 Å². The van der Waals surface area contributed by atoms with Crippen molar-refractivity contribution in [1.29, 1.82) is 0 Å². The number of benzene rings is 3. The summed E-state index contributed by atoms with van der Waals surface area (Å²) < 4.78 is 10.6. The van der Waals surface area contributed by atoms with Gasteiger partial charge in [0.15, 0.2) is 11.5 Å². The van der Waals surface area contributed by atoms with E-state index in [2.05, 4.69) is 23.6 Å². The molecule has 0 saturated heterocycles. The minimum atomic E-state index is -0.351. The summed E-state index contributed by atoms with van der Waals surface area (Å²) in [6.45, 7) is 4.11. The van der Waals surface area contributed by atoms with Crippen molar-refractivity contribution in [3.8, 4) is 11.5 Å². The highest BCUT2D eigenvalue weighted by Crippen LogP contribution is 2.32. The second-order valence-electron chi connectivity index (χ2n) is 7.51. The van der Waals surface area contributed by atoms with Crippen LogP contribution in [0.4, 0.5) is 0 Å². The number of nitrogens with one attached hydrogen (secondary N) is 2. The Bertz CT molecular complexity index is 1110. The fourth-order valence-corrected chi connectivity index (χ4v) is 3.46. The van der Waals surface area contributed by atoms with E-state index >= 15 is 0 Å². The van der Waals surface area contributed by atoms with Gasteiger partial charge in [0.1, 0.15) is 0 Å². The number of carbonyl (C=O) groups excluding carboxylic acids is 2. The van der Waals surface area contributed by atoms with E-state index in [0.29, 0.717) is 17.1 Å². The lowest BCUT2D eigenvalue weighted by Crippen LogP contribution is -2.39. The zero-order valence-corrected chi connectivity index (χ0v) is 17.5. The Labute approximate surface area is 181 Å². The molecule has 1 atom stereocenters. The van der Waals surface area contributed by atoms with Crippen molar-refractivity contribution in [2.75, 3.05) is 13.3 Å². The molecule has 6 heteroatoms. The first kappa shape index (κ1) is 20.5. The third-order valence-electron chi connectivity index (χ3n) is 5.35. The molecule has 1 aliphatic rings. The minimum absolute atomic E-state index is 0.137. The monoisotopic (exact) mass is 416 g/mol. The van der Waals surface area contributed by atoms with E-state index in [1.807, 2.05) is 49.4 Å². The van der Waals surface area contributed by atoms with Gasteiger partial charge < -0.3 is 20.1 Å². The highest BCUT2D eigenvalue weighted by Gasteiger charge is 2.19. The number of hydrogen-bond donors (Lipinski definition) is 2. The first-order valence-electron chi connectivity index (χ1n) is 10.1. The quantitative estimate of drug-likeness (QED) is 0.643. The van der Waals surface area contributed by atoms with Crippen LogP contribution in [0.3, 0.4) is 0 Å². The van der Waals surface area contributed by atoms with E-state index in [-0.39, 0.29) is 31.2 Å². The van der Waals surface area contributed by atoms with E-state index in [4.69, 9.17) is 9.47 Å². The van der Waals surface area contributed by atoms with Crippen LogP contribution >= 0.6 is 0 Å². The molecule has 158 valence electrons. The molecule has 0 saturated carbocycles. The van der Waals surface area contributed by atoms with Crippen molar-refractivity contribution >= 4 is 11.8 Å². The van der Waals surface area contributed by atoms with E-state index in [1.165, 1.54) is 5.56 Å². The number of amides is 2. The summed E-state index contributed by atoms with van der Waals surface area (Å²) in [6.07, 6.45) is 0. The summed E-state index contributed by atoms with van der Waals surface area (Å²) in [5.41, 5.74) is 4.72. The molecule has 0 bridgehead atoms. The minimum Gasteiger partial charge on any atom is -0.454 e. The zero-order valence-electron chi connectivity index (χ0n) is 17.5. The molecule has 3 aromatic carbocycles. The van der Waals surface area contributed by atoms with Gasteiger partial charge in [-0.05, 0) is 54.3 Å². The van der Waals surface area contributed by atoms with Gasteiger partial charge in [-0.25, -0.2) is 0 Å². The maximum atomic E-state index is 12.7. The molecule has 31 heavy (non-hydrogen) atoms. The van der Waals surface area contributed by atoms with Crippen LogP contribution in [0.15, 0.2) is 66.7 Å². The van der Waals surface area contributed by atoms with Crippen molar-refractivity contribution in [1.82, 2.24) is 10.6 Å². The Morgan fingerprint density at radius 2 is 1.65 bits per heavy atom. The third kappa shape index (κ3) is 4.69. The Hall–Kier alpha value is -3.80. The zero-order chi connectivity index (χ0) is 21.8. The predicted molar refractivity (Wildman–Crippen MR) is 117 cm³/mol. The van der Waals surface area contributed by atoms with Gasteiger partial charge in [0.25, 0.3) is 5.91 Å². The lowest BCUT2D eigenvalue weighted by Gasteiger charge is -2.21. The van der Waals surface area contributed by atoms with Gasteiger partial charge in [-0.1, -0.05) is 48.5 Å². The van der Waals surface area contributed by atoms with E-state index < -0.39 is 0 Å². The van der Waals surface area contributed by atoms with Gasteiger partial charge in [0.2, 0.25) is 12.7 Å². The van der Waals surface area contributed by atoms with E-state index in [0.717, 1.165) is 16.7 Å². The van der Waals surface area contributed by atoms with Crippen LogP contribution in [-0.2, 0) is 4.79 Å². The summed E-state index contributed by atoms with van der Waals surface area (Å²) in [7, 11) is 0. The SMILES string of the molecule is Cc1ccc(C(NC(=O)CNC(=O)c2ccc3c(c2)OCO3)c2ccccc2)cc1C. The first-order valence-corrected chi connectivity index (χ1v) is 10.1. The van der Waals surface area contributed by atoms with Crippen LogP contribution in [0.2, 0.25) is 0 Å². The first-order chi connectivity index (χ1) is 15.0. The van der Waals surface area contributed by atoms with Crippen LogP contribution < -0.4 is 20.1 Å². The molecule has 6 nitrogen and oxygen atoms in total. The third-order valence-corrected chi connectivity index (χ3v) is 5.35. The van der Waals surface area contributed by atoms with Gasteiger partial charge in [-0.15, -0.1) is 0 Å². The lowest BCUT2D eigenvalue weighted by atomic mass is 9.95. The average molecular weight is 416 g/mol. The smallest absolute Gasteiger partial charge is 0.251 e. The van der Waals surface area contributed by atoms with Crippen molar-refractivity contribution in [2.24, 2.45) is 0 Å². The molecular formula is C25H24N2O4. The maximum Gasteiger partial charge on any atom is 0.251 e. The molecule has 1 heterocycles. The van der Waals surface area contributed by atoms with E-state index in [9.17, 15) is 9.59 Å². The lowest BCUT2D eigenvalue weighted by molar-refractivity contribution is -0.120. The molecule has 2 N–H and O–H groups in total. The molecule has 3 aromatic rings. The van der Waals surface area contributed by atoms with Crippen LogP contribution in [-0.4, -0.2) is 25.2 Å². The molecule has 0 fully saturated rings. The Morgan fingerprint density at radius 3 is 2.42 bits per heavy atom. The normalized spacial score (nSPS) is 12.8. The molecule has 0 aromatic heterocycles. The number of carbonyl (C=O) groups is 2. The van der Waals surface area contributed by atoms with Crippen LogP contribution in [0.25, 0.3) is 0 Å². The fourth-order valence-electron chi connectivity index (χ4n) is 3.46. The highest BCUT2D eigenvalue weighted by molar-refractivity contribution is 5.97. The molecule has 1 unspecified atom stereocenters.